The van der Waals surface area contributed by atoms with E-state index in [0.29, 0.717) is 12.1 Å². The van der Waals surface area contributed by atoms with E-state index in [9.17, 15) is 0 Å². The topological polar surface area (TPSA) is 36.5 Å². The van der Waals surface area contributed by atoms with Crippen molar-refractivity contribution in [1.82, 2.24) is 15.5 Å². The quantitative estimate of drug-likeness (QED) is 0.806. The first-order valence-electron chi connectivity index (χ1n) is 8.20. The van der Waals surface area contributed by atoms with Crippen LogP contribution in [-0.2, 0) is 11.3 Å². The Kier molecular flexibility index (Phi) is 6.06. The fraction of sp³-hybridized carbons (Fsp3) is 0.688. The molecule has 1 aromatic rings. The van der Waals surface area contributed by atoms with Crippen LogP contribution < -0.4 is 10.6 Å². The highest BCUT2D eigenvalue weighted by atomic mass is 32.1. The third kappa shape index (κ3) is 4.91. The molecule has 22 heavy (non-hydrogen) atoms. The predicted octanol–water partition coefficient (Wildman–Crippen LogP) is 2.36. The molecule has 0 saturated carbocycles. The average molecular weight is 340 g/mol. The van der Waals surface area contributed by atoms with Gasteiger partial charge in [0.15, 0.2) is 5.11 Å². The fourth-order valence-electron chi connectivity index (χ4n) is 3.11. The number of nitrogens with one attached hydrogen (secondary N) is 2. The van der Waals surface area contributed by atoms with Crippen LogP contribution in [-0.4, -0.2) is 48.4 Å². The number of likely N-dealkylation sites (tertiary alicyclic amines) is 1. The van der Waals surface area contributed by atoms with E-state index in [4.69, 9.17) is 17.0 Å². The number of hydrogen-bond donors (Lipinski definition) is 2. The molecular formula is C16H25N3OS2. The maximum absolute atomic E-state index is 5.60. The molecule has 0 unspecified atom stereocenters. The van der Waals surface area contributed by atoms with Gasteiger partial charge in [-0.3, -0.25) is 4.90 Å². The van der Waals surface area contributed by atoms with Crippen molar-refractivity contribution in [2.75, 3.05) is 26.2 Å². The Morgan fingerprint density at radius 2 is 2.23 bits per heavy atom. The van der Waals surface area contributed by atoms with Crippen LogP contribution in [0.5, 0.6) is 0 Å². The van der Waals surface area contributed by atoms with E-state index < -0.39 is 0 Å². The Morgan fingerprint density at radius 1 is 1.36 bits per heavy atom. The first-order valence-corrected chi connectivity index (χ1v) is 9.49. The third-order valence-electron chi connectivity index (χ3n) is 4.40. The lowest BCUT2D eigenvalue weighted by Gasteiger charge is -2.32. The highest BCUT2D eigenvalue weighted by molar-refractivity contribution is 7.80. The van der Waals surface area contributed by atoms with Gasteiger partial charge in [-0.05, 0) is 49.3 Å². The second-order valence-electron chi connectivity index (χ2n) is 6.12. The van der Waals surface area contributed by atoms with Gasteiger partial charge in [0.2, 0.25) is 0 Å². The molecule has 0 aromatic carbocycles. The molecule has 2 aliphatic heterocycles. The third-order valence-corrected chi connectivity index (χ3v) is 5.52. The number of thiophene rings is 1. The van der Waals surface area contributed by atoms with Gasteiger partial charge in [-0.2, -0.15) is 0 Å². The molecule has 2 N–H and O–H groups in total. The second-order valence-corrected chi connectivity index (χ2v) is 7.56. The van der Waals surface area contributed by atoms with Gasteiger partial charge in [0.05, 0.1) is 6.10 Å². The minimum Gasteiger partial charge on any atom is -0.376 e. The van der Waals surface area contributed by atoms with Crippen LogP contribution in [0.15, 0.2) is 17.5 Å². The van der Waals surface area contributed by atoms with Crippen LogP contribution in [0.2, 0.25) is 0 Å². The molecule has 122 valence electrons. The van der Waals surface area contributed by atoms with E-state index in [-0.39, 0.29) is 0 Å². The Hall–Kier alpha value is -0.690. The molecule has 1 aromatic heterocycles. The number of nitrogens with zero attached hydrogens (tertiary/aromatic N) is 1. The van der Waals surface area contributed by atoms with Crippen molar-refractivity contribution in [2.45, 2.75) is 44.4 Å². The Morgan fingerprint density at radius 3 is 2.91 bits per heavy atom. The van der Waals surface area contributed by atoms with Gasteiger partial charge in [0.25, 0.3) is 0 Å². The SMILES string of the molecule is S=C(NC[C@@H]1CCCO1)NC1CCN(Cc2cccs2)CC1. The Balaban J connectivity index is 1.32. The molecule has 0 bridgehead atoms. The summed E-state index contributed by atoms with van der Waals surface area (Å²) >= 11 is 7.25. The standard InChI is InChI=1S/C16H25N3OS2/c21-16(17-11-14-3-1-9-20-14)18-13-5-7-19(8-6-13)12-15-4-2-10-22-15/h2,4,10,13-14H,1,3,5-9,11-12H2,(H2,17,18,21)/t14-/m0/s1. The maximum atomic E-state index is 5.60. The van der Waals surface area contributed by atoms with Crippen molar-refractivity contribution in [3.8, 4) is 0 Å². The molecule has 0 spiro atoms. The van der Waals surface area contributed by atoms with Crippen LogP contribution in [0.3, 0.4) is 0 Å². The van der Waals surface area contributed by atoms with Crippen molar-refractivity contribution < 1.29 is 4.74 Å². The molecular weight excluding hydrogens is 314 g/mol. The largest absolute Gasteiger partial charge is 0.376 e. The molecule has 3 rings (SSSR count). The van der Waals surface area contributed by atoms with Crippen molar-refractivity contribution in [3.05, 3.63) is 22.4 Å². The summed E-state index contributed by atoms with van der Waals surface area (Å²) < 4.78 is 5.60. The predicted molar refractivity (Wildman–Crippen MR) is 95.3 cm³/mol. The molecule has 2 aliphatic rings. The van der Waals surface area contributed by atoms with Crippen molar-refractivity contribution in [1.29, 1.82) is 0 Å². The first-order chi connectivity index (χ1) is 10.8. The van der Waals surface area contributed by atoms with E-state index in [2.05, 4.69) is 33.0 Å². The molecule has 6 heteroatoms. The average Bonchev–Trinajstić information content (AvgIpc) is 3.20. The Bertz CT molecular complexity index is 452. The lowest BCUT2D eigenvalue weighted by Crippen LogP contribution is -2.48. The number of ether oxygens (including phenoxy) is 1. The zero-order valence-corrected chi connectivity index (χ0v) is 14.6. The van der Waals surface area contributed by atoms with Gasteiger partial charge in [-0.15, -0.1) is 11.3 Å². The number of piperidine rings is 1. The second kappa shape index (κ2) is 8.24. The summed E-state index contributed by atoms with van der Waals surface area (Å²) in [6, 6.07) is 4.86. The van der Waals surface area contributed by atoms with Gasteiger partial charge >= 0.3 is 0 Å². The number of hydrogen-bond acceptors (Lipinski definition) is 4. The summed E-state index contributed by atoms with van der Waals surface area (Å²) in [5.74, 6) is 0. The van der Waals surface area contributed by atoms with E-state index in [0.717, 1.165) is 57.2 Å². The van der Waals surface area contributed by atoms with Crippen LogP contribution in [0.1, 0.15) is 30.6 Å². The zero-order chi connectivity index (χ0) is 15.2. The van der Waals surface area contributed by atoms with Crippen molar-refractivity contribution in [3.63, 3.8) is 0 Å². The highest BCUT2D eigenvalue weighted by Gasteiger charge is 2.20. The summed E-state index contributed by atoms with van der Waals surface area (Å²) in [6.45, 7) is 5.11. The molecule has 0 radical (unpaired) electrons. The van der Waals surface area contributed by atoms with Gasteiger partial charge < -0.3 is 15.4 Å². The number of thiocarbonyl (C=S) groups is 1. The van der Waals surface area contributed by atoms with Crippen LogP contribution in [0.25, 0.3) is 0 Å². The normalized spacial score (nSPS) is 23.5. The lowest BCUT2D eigenvalue weighted by molar-refractivity contribution is 0.114. The van der Waals surface area contributed by atoms with E-state index in [1.54, 1.807) is 0 Å². The molecule has 0 amide bonds. The summed E-state index contributed by atoms with van der Waals surface area (Å²) in [4.78, 5) is 3.99. The van der Waals surface area contributed by atoms with Crippen molar-refractivity contribution >= 4 is 28.7 Å². The molecule has 3 heterocycles. The van der Waals surface area contributed by atoms with Crippen LogP contribution >= 0.6 is 23.6 Å². The summed E-state index contributed by atoms with van der Waals surface area (Å²) in [5.41, 5.74) is 0. The summed E-state index contributed by atoms with van der Waals surface area (Å²) in [5, 5.41) is 9.70. The number of rotatable bonds is 5. The molecule has 0 aliphatic carbocycles. The molecule has 4 nitrogen and oxygen atoms in total. The monoisotopic (exact) mass is 339 g/mol. The van der Waals surface area contributed by atoms with E-state index in [1.165, 1.54) is 11.3 Å². The fourth-order valence-corrected chi connectivity index (χ4v) is 4.10. The zero-order valence-electron chi connectivity index (χ0n) is 12.9. The van der Waals surface area contributed by atoms with Crippen LogP contribution in [0.4, 0.5) is 0 Å². The Labute approximate surface area is 142 Å². The van der Waals surface area contributed by atoms with Crippen molar-refractivity contribution in [2.24, 2.45) is 0 Å². The molecule has 2 saturated heterocycles. The maximum Gasteiger partial charge on any atom is 0.166 e. The first kappa shape index (κ1) is 16.2. The molecule has 2 fully saturated rings. The van der Waals surface area contributed by atoms with Gasteiger partial charge in [-0.25, -0.2) is 0 Å². The molecule has 1 atom stereocenters. The van der Waals surface area contributed by atoms with E-state index in [1.807, 2.05) is 11.3 Å². The smallest absolute Gasteiger partial charge is 0.166 e. The highest BCUT2D eigenvalue weighted by Crippen LogP contribution is 2.17. The van der Waals surface area contributed by atoms with Gasteiger partial charge in [0.1, 0.15) is 0 Å². The summed E-state index contributed by atoms with van der Waals surface area (Å²) in [6.07, 6.45) is 4.99. The van der Waals surface area contributed by atoms with Crippen LogP contribution in [0, 0.1) is 0 Å². The van der Waals surface area contributed by atoms with Gasteiger partial charge in [0, 0.05) is 43.7 Å². The lowest BCUT2D eigenvalue weighted by atomic mass is 10.1. The summed E-state index contributed by atoms with van der Waals surface area (Å²) in [7, 11) is 0. The minimum atomic E-state index is 0.340. The van der Waals surface area contributed by atoms with Gasteiger partial charge in [-0.1, -0.05) is 6.07 Å². The van der Waals surface area contributed by atoms with E-state index >= 15 is 0 Å². The minimum absolute atomic E-state index is 0.340.